The van der Waals surface area contributed by atoms with Gasteiger partial charge in [-0.05, 0) is 23.9 Å². The molecule has 1 amide bonds. The van der Waals surface area contributed by atoms with Gasteiger partial charge in [-0.3, -0.25) is 4.79 Å². The minimum Gasteiger partial charge on any atom is -0.618 e. The highest BCUT2D eigenvalue weighted by atomic mass is 32.2. The van der Waals surface area contributed by atoms with Gasteiger partial charge < -0.3 is 15.3 Å². The summed E-state index contributed by atoms with van der Waals surface area (Å²) in [5.41, 5.74) is 1.01. The van der Waals surface area contributed by atoms with Crippen molar-refractivity contribution >= 4 is 17.7 Å². The predicted octanol–water partition coefficient (Wildman–Crippen LogP) is 2.05. The Morgan fingerprint density at radius 2 is 2.14 bits per heavy atom. The predicted molar refractivity (Wildman–Crippen MR) is 83.6 cm³/mol. The smallest absolute Gasteiger partial charge is 0.251 e. The molecule has 0 saturated carbocycles. The van der Waals surface area contributed by atoms with E-state index >= 15 is 0 Å². The van der Waals surface area contributed by atoms with Gasteiger partial charge in [0, 0.05) is 24.1 Å². The molecule has 1 aromatic carbocycles. The zero-order valence-corrected chi connectivity index (χ0v) is 12.7. The highest BCUT2D eigenvalue weighted by molar-refractivity contribution is 7.99. The SMILES string of the molecule is O=C(CSc1cccc[n+]1[O-])N[C@@H]1CCOc2ccccc21. The van der Waals surface area contributed by atoms with Crippen molar-refractivity contribution in [3.05, 3.63) is 59.4 Å². The van der Waals surface area contributed by atoms with Crippen LogP contribution in [0.4, 0.5) is 0 Å². The molecule has 0 unspecified atom stereocenters. The number of carbonyl (C=O) groups excluding carboxylic acids is 1. The van der Waals surface area contributed by atoms with Crippen LogP contribution in [0, 0.1) is 5.21 Å². The summed E-state index contributed by atoms with van der Waals surface area (Å²) in [5, 5.41) is 15.1. The third kappa shape index (κ3) is 3.33. The fourth-order valence-electron chi connectivity index (χ4n) is 2.39. The molecule has 0 fully saturated rings. The van der Waals surface area contributed by atoms with Crippen LogP contribution < -0.4 is 14.8 Å². The van der Waals surface area contributed by atoms with E-state index in [0.29, 0.717) is 11.6 Å². The van der Waals surface area contributed by atoms with Crippen LogP contribution >= 0.6 is 11.8 Å². The van der Waals surface area contributed by atoms with Gasteiger partial charge in [0.1, 0.15) is 5.75 Å². The molecule has 0 bridgehead atoms. The lowest BCUT2D eigenvalue weighted by atomic mass is 10.0. The molecule has 0 aliphatic carbocycles. The Balaban J connectivity index is 1.60. The van der Waals surface area contributed by atoms with Crippen LogP contribution in [-0.2, 0) is 4.79 Å². The summed E-state index contributed by atoms with van der Waals surface area (Å²) in [6.45, 7) is 0.592. The van der Waals surface area contributed by atoms with E-state index in [1.807, 2.05) is 24.3 Å². The number of amides is 1. The number of aromatic nitrogens is 1. The van der Waals surface area contributed by atoms with Crippen molar-refractivity contribution in [1.82, 2.24) is 5.32 Å². The summed E-state index contributed by atoms with van der Waals surface area (Å²) < 4.78 is 6.34. The maximum absolute atomic E-state index is 12.1. The Bertz CT molecular complexity index is 678. The largest absolute Gasteiger partial charge is 0.618 e. The Labute approximate surface area is 132 Å². The van der Waals surface area contributed by atoms with Crippen molar-refractivity contribution in [3.8, 4) is 5.75 Å². The Morgan fingerprint density at radius 3 is 3.00 bits per heavy atom. The molecule has 22 heavy (non-hydrogen) atoms. The van der Waals surface area contributed by atoms with Crippen molar-refractivity contribution in [3.63, 3.8) is 0 Å². The number of benzene rings is 1. The lowest BCUT2D eigenvalue weighted by Gasteiger charge is -2.26. The Kier molecular flexibility index (Phi) is 4.48. The van der Waals surface area contributed by atoms with Gasteiger partial charge in [0.05, 0.1) is 18.4 Å². The molecule has 1 aliphatic heterocycles. The van der Waals surface area contributed by atoms with Gasteiger partial charge >= 0.3 is 0 Å². The zero-order valence-electron chi connectivity index (χ0n) is 11.9. The summed E-state index contributed by atoms with van der Waals surface area (Å²) in [6.07, 6.45) is 2.18. The number of pyridine rings is 1. The topological polar surface area (TPSA) is 65.3 Å². The van der Waals surface area contributed by atoms with Crippen molar-refractivity contribution in [2.75, 3.05) is 12.4 Å². The van der Waals surface area contributed by atoms with Crippen LogP contribution in [0.15, 0.2) is 53.7 Å². The second kappa shape index (κ2) is 6.70. The van der Waals surface area contributed by atoms with Crippen LogP contribution in [0.1, 0.15) is 18.0 Å². The fourth-order valence-corrected chi connectivity index (χ4v) is 3.12. The van der Waals surface area contributed by atoms with Crippen LogP contribution in [0.3, 0.4) is 0 Å². The quantitative estimate of drug-likeness (QED) is 0.533. The van der Waals surface area contributed by atoms with E-state index in [-0.39, 0.29) is 17.7 Å². The standard InChI is InChI=1S/C16H16N2O3S/c19-15(11-22-16-7-3-4-9-18(16)20)17-13-8-10-21-14-6-2-1-5-12(13)14/h1-7,9,13H,8,10-11H2,(H,17,19)/t13-/m1/s1. The van der Waals surface area contributed by atoms with Gasteiger partial charge in [-0.15, -0.1) is 0 Å². The second-order valence-corrected chi connectivity index (χ2v) is 5.94. The molecule has 1 atom stereocenters. The van der Waals surface area contributed by atoms with E-state index in [1.54, 1.807) is 18.2 Å². The van der Waals surface area contributed by atoms with Gasteiger partial charge in [-0.2, -0.15) is 4.73 Å². The van der Waals surface area contributed by atoms with Crippen molar-refractivity contribution in [2.45, 2.75) is 17.5 Å². The number of nitrogens with zero attached hydrogens (tertiary/aromatic N) is 1. The highest BCUT2D eigenvalue weighted by Crippen LogP contribution is 2.31. The number of hydrogen-bond donors (Lipinski definition) is 1. The summed E-state index contributed by atoms with van der Waals surface area (Å²) >= 11 is 1.23. The van der Waals surface area contributed by atoms with E-state index < -0.39 is 0 Å². The van der Waals surface area contributed by atoms with Crippen molar-refractivity contribution in [2.24, 2.45) is 0 Å². The zero-order chi connectivity index (χ0) is 15.4. The molecule has 5 nitrogen and oxygen atoms in total. The third-order valence-electron chi connectivity index (χ3n) is 3.43. The van der Waals surface area contributed by atoms with Crippen molar-refractivity contribution < 1.29 is 14.3 Å². The molecule has 6 heteroatoms. The van der Waals surface area contributed by atoms with Crippen LogP contribution in [0.25, 0.3) is 0 Å². The number of hydrogen-bond acceptors (Lipinski definition) is 4. The fraction of sp³-hybridized carbons (Fsp3) is 0.250. The monoisotopic (exact) mass is 316 g/mol. The minimum absolute atomic E-state index is 0.0341. The molecule has 2 aromatic rings. The normalized spacial score (nSPS) is 16.5. The highest BCUT2D eigenvalue weighted by Gasteiger charge is 2.22. The van der Waals surface area contributed by atoms with E-state index in [2.05, 4.69) is 5.32 Å². The summed E-state index contributed by atoms with van der Waals surface area (Å²) in [6, 6.07) is 12.8. The summed E-state index contributed by atoms with van der Waals surface area (Å²) in [4.78, 5) is 12.1. The van der Waals surface area contributed by atoms with Gasteiger partial charge in [-0.1, -0.05) is 18.2 Å². The summed E-state index contributed by atoms with van der Waals surface area (Å²) in [7, 11) is 0. The molecule has 2 heterocycles. The molecule has 3 rings (SSSR count). The maximum Gasteiger partial charge on any atom is 0.251 e. The van der Waals surface area contributed by atoms with E-state index in [9.17, 15) is 10.0 Å². The van der Waals surface area contributed by atoms with E-state index in [1.165, 1.54) is 18.0 Å². The molecule has 0 saturated heterocycles. The summed E-state index contributed by atoms with van der Waals surface area (Å²) in [5.74, 6) is 0.953. The van der Waals surface area contributed by atoms with E-state index in [4.69, 9.17) is 4.74 Å². The number of nitrogens with one attached hydrogen (secondary N) is 1. The lowest BCUT2D eigenvalue weighted by molar-refractivity contribution is -0.645. The number of fused-ring (bicyclic) bond motifs is 1. The van der Waals surface area contributed by atoms with E-state index in [0.717, 1.165) is 22.5 Å². The minimum atomic E-state index is -0.0874. The average Bonchev–Trinajstić information content (AvgIpc) is 2.54. The number of rotatable bonds is 4. The molecule has 1 aliphatic rings. The molecule has 1 aromatic heterocycles. The van der Waals surface area contributed by atoms with Crippen LogP contribution in [0.2, 0.25) is 0 Å². The maximum atomic E-state index is 12.1. The number of ether oxygens (including phenoxy) is 1. The van der Waals surface area contributed by atoms with Gasteiger partial charge in [-0.25, -0.2) is 0 Å². The first-order valence-electron chi connectivity index (χ1n) is 7.06. The molecular formula is C16H16N2O3S. The van der Waals surface area contributed by atoms with Crippen LogP contribution in [-0.4, -0.2) is 18.3 Å². The molecule has 0 radical (unpaired) electrons. The number of carbonyl (C=O) groups is 1. The average molecular weight is 316 g/mol. The second-order valence-electron chi connectivity index (χ2n) is 4.95. The molecular weight excluding hydrogens is 300 g/mol. The first kappa shape index (κ1) is 14.7. The van der Waals surface area contributed by atoms with Gasteiger partial charge in [0.25, 0.3) is 5.03 Å². The van der Waals surface area contributed by atoms with Gasteiger partial charge in [0.2, 0.25) is 5.91 Å². The van der Waals surface area contributed by atoms with Crippen molar-refractivity contribution in [1.29, 1.82) is 0 Å². The number of thioether (sulfide) groups is 1. The Morgan fingerprint density at radius 1 is 1.32 bits per heavy atom. The van der Waals surface area contributed by atoms with Gasteiger partial charge in [0.15, 0.2) is 6.20 Å². The third-order valence-corrected chi connectivity index (χ3v) is 4.45. The van der Waals surface area contributed by atoms with Crippen LogP contribution in [0.5, 0.6) is 5.75 Å². The first-order valence-corrected chi connectivity index (χ1v) is 8.04. The molecule has 1 N–H and O–H groups in total. The Hall–Kier alpha value is -2.21. The first-order chi connectivity index (χ1) is 10.7. The lowest BCUT2D eigenvalue weighted by Crippen LogP contribution is -2.34. The molecule has 114 valence electrons. The number of para-hydroxylation sites is 1. The molecule has 0 spiro atoms.